The maximum Gasteiger partial charge on any atom is -0.0100 e. The highest BCUT2D eigenvalue weighted by molar-refractivity contribution is 5.23. The molecule has 0 unspecified atom stereocenters. The van der Waals surface area contributed by atoms with Gasteiger partial charge in [-0.15, -0.1) is 6.58 Å². The van der Waals surface area contributed by atoms with Crippen LogP contribution in [0, 0.1) is 13.8 Å². The average Bonchev–Trinajstić information content (AvgIpc) is 2.36. The minimum Gasteiger partial charge on any atom is -0.103 e. The number of rotatable bonds is 2. The van der Waals surface area contributed by atoms with Crippen LogP contribution in [0.25, 0.3) is 0 Å². The summed E-state index contributed by atoms with van der Waals surface area (Å²) in [4.78, 5) is 0. The highest BCUT2D eigenvalue weighted by Gasteiger charge is 1.84. The molecule has 2 aromatic carbocycles. The van der Waals surface area contributed by atoms with Gasteiger partial charge >= 0.3 is 0 Å². The first-order valence-electron chi connectivity index (χ1n) is 5.91. The molecule has 0 heterocycles. The fraction of sp³-hybridized carbons (Fsp3) is 0.176. The molecule has 0 atom stereocenters. The third-order valence-electron chi connectivity index (χ3n) is 2.65. The molecule has 0 aromatic heterocycles. The van der Waals surface area contributed by atoms with Crippen LogP contribution in [-0.4, -0.2) is 0 Å². The van der Waals surface area contributed by atoms with E-state index in [9.17, 15) is 0 Å². The lowest BCUT2D eigenvalue weighted by atomic mass is 10.1. The predicted molar refractivity (Wildman–Crippen MR) is 76.3 cm³/mol. The van der Waals surface area contributed by atoms with Crippen molar-refractivity contribution in [1.29, 1.82) is 0 Å². The van der Waals surface area contributed by atoms with Gasteiger partial charge in [-0.05, 0) is 37.0 Å². The van der Waals surface area contributed by atoms with Crippen LogP contribution in [0.4, 0.5) is 0 Å². The van der Waals surface area contributed by atoms with Crippen molar-refractivity contribution in [2.75, 3.05) is 0 Å². The van der Waals surface area contributed by atoms with Crippen molar-refractivity contribution in [2.24, 2.45) is 0 Å². The smallest absolute Gasteiger partial charge is 0.0100 e. The van der Waals surface area contributed by atoms with Gasteiger partial charge in [-0.25, -0.2) is 0 Å². The average molecular weight is 224 g/mol. The largest absolute Gasteiger partial charge is 0.103 e. The Morgan fingerprint density at radius 3 is 1.71 bits per heavy atom. The van der Waals surface area contributed by atoms with Gasteiger partial charge in [0.25, 0.3) is 0 Å². The van der Waals surface area contributed by atoms with Crippen LogP contribution >= 0.6 is 0 Å². The Balaban J connectivity index is 0.000000171. The van der Waals surface area contributed by atoms with Crippen molar-refractivity contribution >= 4 is 0 Å². The van der Waals surface area contributed by atoms with E-state index in [-0.39, 0.29) is 0 Å². The van der Waals surface area contributed by atoms with Gasteiger partial charge in [-0.1, -0.05) is 60.7 Å². The Hall–Kier alpha value is -1.82. The van der Waals surface area contributed by atoms with Crippen LogP contribution in [0.3, 0.4) is 0 Å². The molecule has 0 aliphatic heterocycles. The second kappa shape index (κ2) is 7.45. The van der Waals surface area contributed by atoms with Crippen molar-refractivity contribution in [3.8, 4) is 0 Å². The lowest BCUT2D eigenvalue weighted by Gasteiger charge is -1.93. The van der Waals surface area contributed by atoms with Gasteiger partial charge in [0, 0.05) is 0 Å². The van der Waals surface area contributed by atoms with Crippen molar-refractivity contribution in [3.05, 3.63) is 83.9 Å². The summed E-state index contributed by atoms with van der Waals surface area (Å²) < 4.78 is 0. The normalized spacial score (nSPS) is 9.06. The molecule has 0 bridgehead atoms. The fourth-order valence-electron chi connectivity index (χ4n) is 1.44. The van der Waals surface area contributed by atoms with Crippen molar-refractivity contribution in [3.63, 3.8) is 0 Å². The predicted octanol–water partition coefficient (Wildman–Crippen LogP) is 4.72. The van der Waals surface area contributed by atoms with Crippen LogP contribution in [0.1, 0.15) is 16.7 Å². The van der Waals surface area contributed by atoms with Gasteiger partial charge in [-0.3, -0.25) is 0 Å². The molecule has 0 spiro atoms. The first kappa shape index (κ1) is 13.2. The van der Waals surface area contributed by atoms with Crippen molar-refractivity contribution in [1.82, 2.24) is 0 Å². The molecule has 0 saturated carbocycles. The van der Waals surface area contributed by atoms with E-state index in [1.807, 2.05) is 24.3 Å². The second-order valence-corrected chi connectivity index (χ2v) is 4.06. The zero-order valence-corrected chi connectivity index (χ0v) is 10.7. The number of allylic oxidation sites excluding steroid dienone is 1. The van der Waals surface area contributed by atoms with E-state index in [4.69, 9.17) is 0 Å². The topological polar surface area (TPSA) is 0 Å². The number of hydrogen-bond donors (Lipinski definition) is 0. The van der Waals surface area contributed by atoms with E-state index in [2.05, 4.69) is 56.8 Å². The van der Waals surface area contributed by atoms with Crippen molar-refractivity contribution < 1.29 is 0 Å². The lowest BCUT2D eigenvalue weighted by Crippen LogP contribution is -1.75. The highest BCUT2D eigenvalue weighted by Crippen LogP contribution is 2.02. The van der Waals surface area contributed by atoms with Crippen LogP contribution in [-0.2, 0) is 6.42 Å². The summed E-state index contributed by atoms with van der Waals surface area (Å²) in [5, 5.41) is 0. The standard InChI is InChI=1S/C9H10.C8H10/c1-2-6-9-7-4-3-5-8-9;1-7-5-3-4-6-8(7)2/h2-5,7-8H,1,6H2;3-6H,1-2H3. The molecule has 0 saturated heterocycles. The Morgan fingerprint density at radius 1 is 0.824 bits per heavy atom. The summed E-state index contributed by atoms with van der Waals surface area (Å²) in [6.07, 6.45) is 2.89. The molecule has 2 aromatic rings. The quantitative estimate of drug-likeness (QED) is 0.647. The van der Waals surface area contributed by atoms with E-state index in [0.717, 1.165) is 6.42 Å². The Labute approximate surface area is 105 Å². The van der Waals surface area contributed by atoms with E-state index < -0.39 is 0 Å². The minimum absolute atomic E-state index is 0.973. The molecule has 2 rings (SSSR count). The molecule has 0 nitrogen and oxygen atoms in total. The van der Waals surface area contributed by atoms with Gasteiger partial charge in [0.15, 0.2) is 0 Å². The number of benzene rings is 2. The summed E-state index contributed by atoms with van der Waals surface area (Å²) >= 11 is 0. The summed E-state index contributed by atoms with van der Waals surface area (Å²) in [5.74, 6) is 0. The van der Waals surface area contributed by atoms with E-state index in [1.54, 1.807) is 0 Å². The summed E-state index contributed by atoms with van der Waals surface area (Å²) in [6.45, 7) is 7.90. The van der Waals surface area contributed by atoms with Gasteiger partial charge in [-0.2, -0.15) is 0 Å². The first-order chi connectivity index (χ1) is 8.24. The minimum atomic E-state index is 0.973. The van der Waals surface area contributed by atoms with Gasteiger partial charge in [0.05, 0.1) is 0 Å². The zero-order chi connectivity index (χ0) is 12.5. The van der Waals surface area contributed by atoms with Crippen LogP contribution in [0.2, 0.25) is 0 Å². The molecule has 0 amide bonds. The number of hydrogen-bond acceptors (Lipinski definition) is 0. The monoisotopic (exact) mass is 224 g/mol. The van der Waals surface area contributed by atoms with Gasteiger partial charge in [0.2, 0.25) is 0 Å². The molecule has 88 valence electrons. The van der Waals surface area contributed by atoms with E-state index >= 15 is 0 Å². The summed E-state index contributed by atoms with van der Waals surface area (Å²) in [5.41, 5.74) is 4.06. The van der Waals surface area contributed by atoms with Crippen LogP contribution in [0.15, 0.2) is 67.3 Å². The molecule has 0 N–H and O–H groups in total. The molecule has 0 heteroatoms. The van der Waals surface area contributed by atoms with Gasteiger partial charge < -0.3 is 0 Å². The lowest BCUT2D eigenvalue weighted by molar-refractivity contribution is 1.28. The molecule has 0 aliphatic carbocycles. The molecule has 0 radical (unpaired) electrons. The highest BCUT2D eigenvalue weighted by atomic mass is 13.9. The molecule has 17 heavy (non-hydrogen) atoms. The maximum absolute atomic E-state index is 3.66. The summed E-state index contributed by atoms with van der Waals surface area (Å²) in [6, 6.07) is 18.7. The zero-order valence-electron chi connectivity index (χ0n) is 10.7. The summed E-state index contributed by atoms with van der Waals surface area (Å²) in [7, 11) is 0. The molecular weight excluding hydrogens is 204 g/mol. The van der Waals surface area contributed by atoms with Gasteiger partial charge in [0.1, 0.15) is 0 Å². The van der Waals surface area contributed by atoms with Crippen LogP contribution in [0.5, 0.6) is 0 Å². The fourth-order valence-corrected chi connectivity index (χ4v) is 1.44. The molecular formula is C17H20. The Bertz CT molecular complexity index is 420. The van der Waals surface area contributed by atoms with E-state index in [0.29, 0.717) is 0 Å². The number of aryl methyl sites for hydroxylation is 2. The third kappa shape index (κ3) is 5.17. The SMILES string of the molecule is C=CCc1ccccc1.Cc1ccccc1C. The Morgan fingerprint density at radius 2 is 1.29 bits per heavy atom. The van der Waals surface area contributed by atoms with E-state index in [1.165, 1.54) is 16.7 Å². The first-order valence-corrected chi connectivity index (χ1v) is 5.91. The second-order valence-electron chi connectivity index (χ2n) is 4.06. The Kier molecular flexibility index (Phi) is 5.81. The van der Waals surface area contributed by atoms with Crippen molar-refractivity contribution in [2.45, 2.75) is 20.3 Å². The van der Waals surface area contributed by atoms with Crippen LogP contribution < -0.4 is 0 Å². The maximum atomic E-state index is 3.66. The third-order valence-corrected chi connectivity index (χ3v) is 2.65. The molecule has 0 fully saturated rings. The molecule has 0 aliphatic rings.